The number of fused-ring (bicyclic) bond motifs is 1. The lowest BCUT2D eigenvalue weighted by atomic mass is 9.99. The van der Waals surface area contributed by atoms with Crippen molar-refractivity contribution in [3.05, 3.63) is 63.1 Å². The number of nitrogens with zero attached hydrogens (tertiary/aromatic N) is 3. The van der Waals surface area contributed by atoms with Gasteiger partial charge in [0.2, 0.25) is 0 Å². The summed E-state index contributed by atoms with van der Waals surface area (Å²) in [7, 11) is 0. The van der Waals surface area contributed by atoms with E-state index in [9.17, 15) is 13.6 Å². The maximum atomic E-state index is 13.7. The molecule has 2 aliphatic rings. The van der Waals surface area contributed by atoms with Gasteiger partial charge in [0.25, 0.3) is 5.56 Å². The molecule has 0 atom stereocenters. The third kappa shape index (κ3) is 2.98. The highest BCUT2D eigenvalue weighted by Gasteiger charge is 2.28. The van der Waals surface area contributed by atoms with E-state index in [4.69, 9.17) is 0 Å². The summed E-state index contributed by atoms with van der Waals surface area (Å²) in [6.45, 7) is 2.52. The van der Waals surface area contributed by atoms with Crippen LogP contribution in [0.15, 0.2) is 29.1 Å². The van der Waals surface area contributed by atoms with Crippen LogP contribution in [0.25, 0.3) is 0 Å². The van der Waals surface area contributed by atoms with Gasteiger partial charge in [-0.2, -0.15) is 5.10 Å². The maximum absolute atomic E-state index is 13.7. The first-order chi connectivity index (χ1) is 11.6. The van der Waals surface area contributed by atoms with Gasteiger partial charge in [0.1, 0.15) is 11.6 Å². The fourth-order valence-corrected chi connectivity index (χ4v) is 3.64. The summed E-state index contributed by atoms with van der Waals surface area (Å²) in [4.78, 5) is 14.2. The molecular weight excluding hydrogens is 312 g/mol. The highest BCUT2D eigenvalue weighted by Crippen LogP contribution is 2.22. The van der Waals surface area contributed by atoms with Crippen molar-refractivity contribution >= 4 is 0 Å². The van der Waals surface area contributed by atoms with Crippen molar-refractivity contribution in [2.45, 2.75) is 32.4 Å². The van der Waals surface area contributed by atoms with Crippen molar-refractivity contribution < 1.29 is 8.78 Å². The lowest BCUT2D eigenvalue weighted by Crippen LogP contribution is -2.49. The van der Waals surface area contributed by atoms with Crippen molar-refractivity contribution in [1.82, 2.24) is 14.7 Å². The van der Waals surface area contributed by atoms with Crippen LogP contribution < -0.4 is 5.56 Å². The molecule has 1 aliphatic carbocycles. The smallest absolute Gasteiger partial charge is 0.267 e. The fraction of sp³-hybridized carbons (Fsp3) is 0.444. The Hall–Kier alpha value is -2.08. The summed E-state index contributed by atoms with van der Waals surface area (Å²) < 4.78 is 28.4. The summed E-state index contributed by atoms with van der Waals surface area (Å²) in [5.41, 5.74) is 2.48. The molecule has 1 aromatic carbocycles. The van der Waals surface area contributed by atoms with Gasteiger partial charge in [0.15, 0.2) is 0 Å². The number of halogens is 2. The summed E-state index contributed by atoms with van der Waals surface area (Å²) >= 11 is 0. The number of hydrogen-bond donors (Lipinski definition) is 0. The average Bonchev–Trinajstić information content (AvgIpc) is 2.95. The van der Waals surface area contributed by atoms with E-state index in [0.717, 1.165) is 55.7 Å². The van der Waals surface area contributed by atoms with Crippen LogP contribution in [-0.4, -0.2) is 27.8 Å². The lowest BCUT2D eigenvalue weighted by molar-refractivity contribution is 0.0753. The standard InChI is InChI=1S/C18H19F2N3O/c19-15-4-5-16(20)14(6-15)11-22-8-12(9-22)10-23-18(24)7-13-2-1-3-17(13)21-23/h4-7,12H,1-3,8-11H2. The molecule has 1 aromatic heterocycles. The van der Waals surface area contributed by atoms with E-state index in [1.165, 1.54) is 6.07 Å². The molecule has 1 aliphatic heterocycles. The second-order valence-corrected chi connectivity index (χ2v) is 6.79. The molecule has 0 N–H and O–H groups in total. The second kappa shape index (κ2) is 6.09. The first-order valence-electron chi connectivity index (χ1n) is 8.35. The van der Waals surface area contributed by atoms with E-state index in [-0.39, 0.29) is 11.4 Å². The number of aryl methyl sites for hydroxylation is 2. The van der Waals surface area contributed by atoms with Gasteiger partial charge in [-0.05, 0) is 43.0 Å². The highest BCUT2D eigenvalue weighted by atomic mass is 19.1. The number of hydrogen-bond acceptors (Lipinski definition) is 3. The van der Waals surface area contributed by atoms with Gasteiger partial charge < -0.3 is 0 Å². The Morgan fingerprint density at radius 1 is 1.17 bits per heavy atom. The zero-order valence-electron chi connectivity index (χ0n) is 13.3. The molecule has 0 spiro atoms. The van der Waals surface area contributed by atoms with Crippen LogP contribution in [0.2, 0.25) is 0 Å². The predicted octanol–water partition coefficient (Wildman–Crippen LogP) is 2.14. The van der Waals surface area contributed by atoms with Gasteiger partial charge in [-0.15, -0.1) is 0 Å². The first kappa shape index (κ1) is 15.4. The van der Waals surface area contributed by atoms with Crippen LogP contribution in [0.4, 0.5) is 8.78 Å². The Bertz CT molecular complexity index is 827. The molecule has 4 rings (SSSR count). The van der Waals surface area contributed by atoms with Crippen LogP contribution in [0, 0.1) is 17.6 Å². The summed E-state index contributed by atoms with van der Waals surface area (Å²) in [5.74, 6) is -0.472. The molecule has 24 heavy (non-hydrogen) atoms. The van der Waals surface area contributed by atoms with Crippen LogP contribution in [0.5, 0.6) is 0 Å². The summed E-state index contributed by atoms with van der Waals surface area (Å²) in [5, 5.41) is 4.49. The van der Waals surface area contributed by atoms with Crippen molar-refractivity contribution in [2.75, 3.05) is 13.1 Å². The van der Waals surface area contributed by atoms with Gasteiger partial charge >= 0.3 is 0 Å². The molecule has 4 nitrogen and oxygen atoms in total. The molecule has 0 saturated carbocycles. The maximum Gasteiger partial charge on any atom is 0.267 e. The molecule has 6 heteroatoms. The molecule has 1 saturated heterocycles. The van der Waals surface area contributed by atoms with Crippen LogP contribution >= 0.6 is 0 Å². The third-order valence-electron chi connectivity index (χ3n) is 4.89. The predicted molar refractivity (Wildman–Crippen MR) is 85.6 cm³/mol. The normalized spacial score (nSPS) is 17.8. The second-order valence-electron chi connectivity index (χ2n) is 6.79. The van der Waals surface area contributed by atoms with Gasteiger partial charge in [0.05, 0.1) is 12.2 Å². The zero-order valence-corrected chi connectivity index (χ0v) is 13.3. The molecule has 126 valence electrons. The Morgan fingerprint density at radius 3 is 2.83 bits per heavy atom. The monoisotopic (exact) mass is 331 g/mol. The highest BCUT2D eigenvalue weighted by molar-refractivity contribution is 5.22. The minimum atomic E-state index is -0.419. The summed E-state index contributed by atoms with van der Waals surface area (Å²) in [6, 6.07) is 5.25. The number of rotatable bonds is 4. The minimum absolute atomic E-state index is 0.0368. The van der Waals surface area contributed by atoms with Crippen molar-refractivity contribution in [2.24, 2.45) is 5.92 Å². The van der Waals surface area contributed by atoms with E-state index < -0.39 is 5.82 Å². The largest absolute Gasteiger partial charge is 0.298 e. The van der Waals surface area contributed by atoms with Crippen LogP contribution in [0.1, 0.15) is 23.2 Å². The molecule has 0 bridgehead atoms. The van der Waals surface area contributed by atoms with Gasteiger partial charge in [0, 0.05) is 37.2 Å². The van der Waals surface area contributed by atoms with Gasteiger partial charge in [-0.25, -0.2) is 13.5 Å². The first-order valence-corrected chi connectivity index (χ1v) is 8.35. The van der Waals surface area contributed by atoms with Crippen LogP contribution in [0.3, 0.4) is 0 Å². The summed E-state index contributed by atoms with van der Waals surface area (Å²) in [6.07, 6.45) is 2.97. The Balaban J connectivity index is 1.37. The van der Waals surface area contributed by atoms with E-state index in [2.05, 4.69) is 10.00 Å². The Kier molecular flexibility index (Phi) is 3.92. The van der Waals surface area contributed by atoms with Gasteiger partial charge in [-0.1, -0.05) is 0 Å². The molecule has 0 unspecified atom stereocenters. The lowest BCUT2D eigenvalue weighted by Gasteiger charge is -2.39. The average molecular weight is 331 g/mol. The molecule has 0 radical (unpaired) electrons. The van der Waals surface area contributed by atoms with E-state index in [1.807, 2.05) is 0 Å². The molecule has 2 aromatic rings. The van der Waals surface area contributed by atoms with Gasteiger partial charge in [-0.3, -0.25) is 9.69 Å². The Morgan fingerprint density at radius 2 is 2.00 bits per heavy atom. The fourth-order valence-electron chi connectivity index (χ4n) is 3.64. The molecular formula is C18H19F2N3O. The number of aromatic nitrogens is 2. The molecule has 1 fully saturated rings. The SMILES string of the molecule is O=c1cc2c(nn1CC1CN(Cc3cc(F)ccc3F)C1)CCC2. The third-order valence-corrected chi connectivity index (χ3v) is 4.89. The van der Waals surface area contributed by atoms with Crippen molar-refractivity contribution in [1.29, 1.82) is 0 Å². The molecule has 2 heterocycles. The Labute approximate surface area is 138 Å². The molecule has 0 amide bonds. The van der Waals surface area contributed by atoms with E-state index in [1.54, 1.807) is 10.7 Å². The quantitative estimate of drug-likeness (QED) is 0.862. The number of benzene rings is 1. The van der Waals surface area contributed by atoms with E-state index >= 15 is 0 Å². The zero-order chi connectivity index (χ0) is 16.7. The van der Waals surface area contributed by atoms with Crippen LogP contribution in [-0.2, 0) is 25.9 Å². The van der Waals surface area contributed by atoms with Crippen molar-refractivity contribution in [3.63, 3.8) is 0 Å². The minimum Gasteiger partial charge on any atom is -0.298 e. The number of likely N-dealkylation sites (tertiary alicyclic amines) is 1. The van der Waals surface area contributed by atoms with E-state index in [0.29, 0.717) is 24.6 Å². The van der Waals surface area contributed by atoms with Crippen molar-refractivity contribution in [3.8, 4) is 0 Å². The topological polar surface area (TPSA) is 38.1 Å².